The van der Waals surface area contributed by atoms with E-state index in [9.17, 15) is 4.79 Å². The van der Waals surface area contributed by atoms with Crippen molar-refractivity contribution < 1.29 is 9.53 Å². The molecule has 0 aliphatic carbocycles. The van der Waals surface area contributed by atoms with E-state index < -0.39 is 6.04 Å². The minimum Gasteiger partial charge on any atom is -0.495 e. The minimum atomic E-state index is -0.435. The number of carbonyl (C=O) groups is 1. The van der Waals surface area contributed by atoms with Crippen molar-refractivity contribution in [3.63, 3.8) is 0 Å². The first-order valence-corrected chi connectivity index (χ1v) is 12.1. The predicted molar refractivity (Wildman–Crippen MR) is 143 cm³/mol. The van der Waals surface area contributed by atoms with E-state index in [4.69, 9.17) is 21.4 Å². The molecule has 0 saturated carbocycles. The predicted octanol–water partition coefficient (Wildman–Crippen LogP) is 6.90. The molecule has 4 aromatic rings. The van der Waals surface area contributed by atoms with Crippen LogP contribution in [0.5, 0.6) is 5.75 Å². The number of amides is 1. The second-order valence-electron chi connectivity index (χ2n) is 8.14. The average molecular weight is 550 g/mol. The van der Waals surface area contributed by atoms with Crippen LogP contribution in [0, 0.1) is 0 Å². The van der Waals surface area contributed by atoms with Crippen LogP contribution in [0.2, 0.25) is 5.02 Å². The third-order valence-corrected chi connectivity index (χ3v) is 6.68. The van der Waals surface area contributed by atoms with Crippen molar-refractivity contribution in [2.75, 3.05) is 17.7 Å². The quantitative estimate of drug-likeness (QED) is 0.284. The van der Waals surface area contributed by atoms with Crippen LogP contribution in [-0.2, 0) is 4.79 Å². The fourth-order valence-corrected chi connectivity index (χ4v) is 4.61. The monoisotopic (exact) mass is 548 g/mol. The van der Waals surface area contributed by atoms with Gasteiger partial charge >= 0.3 is 0 Å². The molecule has 2 N–H and O–H groups in total. The largest absolute Gasteiger partial charge is 0.495 e. The number of fused-ring (bicyclic) bond motifs is 1. The molecule has 1 aliphatic heterocycles. The van der Waals surface area contributed by atoms with Gasteiger partial charge in [0.15, 0.2) is 0 Å². The highest BCUT2D eigenvalue weighted by molar-refractivity contribution is 9.10. The number of nitrogens with one attached hydrogen (secondary N) is 2. The van der Waals surface area contributed by atoms with Gasteiger partial charge in [0.1, 0.15) is 17.6 Å². The van der Waals surface area contributed by atoms with Gasteiger partial charge in [0.2, 0.25) is 0 Å². The lowest BCUT2D eigenvalue weighted by Gasteiger charge is -2.30. The molecule has 0 fully saturated rings. The van der Waals surface area contributed by atoms with Crippen LogP contribution in [0.4, 0.5) is 11.5 Å². The van der Waals surface area contributed by atoms with Crippen molar-refractivity contribution in [2.24, 2.45) is 0 Å². The van der Waals surface area contributed by atoms with E-state index in [1.165, 1.54) is 0 Å². The summed E-state index contributed by atoms with van der Waals surface area (Å²) < 4.78 is 8.24. The lowest BCUT2D eigenvalue weighted by Crippen LogP contribution is -2.31. The summed E-state index contributed by atoms with van der Waals surface area (Å²) in [5.74, 6) is 1.16. The average Bonchev–Trinajstić information content (AvgIpc) is 3.28. The summed E-state index contributed by atoms with van der Waals surface area (Å²) in [6.07, 6.45) is 0. The number of rotatable bonds is 5. The molecule has 2 heterocycles. The minimum absolute atomic E-state index is 0.235. The molecule has 35 heavy (non-hydrogen) atoms. The van der Waals surface area contributed by atoms with Gasteiger partial charge in [-0.3, -0.25) is 4.79 Å². The number of carbonyl (C=O) groups excluding carboxylic acids is 1. The van der Waals surface area contributed by atoms with Crippen LogP contribution in [-0.4, -0.2) is 22.8 Å². The number of ether oxygens (including phenoxy) is 1. The summed E-state index contributed by atoms with van der Waals surface area (Å²) in [5, 5.41) is 12.0. The summed E-state index contributed by atoms with van der Waals surface area (Å²) in [6, 6.07) is 24.3. The molecule has 6 nitrogen and oxygen atoms in total. The lowest BCUT2D eigenvalue weighted by atomic mass is 9.95. The maximum atomic E-state index is 13.7. The number of anilines is 2. The Bertz CT molecular complexity index is 1430. The van der Waals surface area contributed by atoms with Gasteiger partial charge in [-0.15, -0.1) is 0 Å². The lowest BCUT2D eigenvalue weighted by molar-refractivity contribution is -0.113. The number of aromatic nitrogens is 2. The van der Waals surface area contributed by atoms with E-state index in [-0.39, 0.29) is 5.91 Å². The zero-order valence-corrected chi connectivity index (χ0v) is 21.4. The summed E-state index contributed by atoms with van der Waals surface area (Å²) in [6.45, 7) is 1.90. The zero-order chi connectivity index (χ0) is 24.5. The smallest absolute Gasteiger partial charge is 0.255 e. The summed E-state index contributed by atoms with van der Waals surface area (Å²) in [7, 11) is 1.58. The van der Waals surface area contributed by atoms with Gasteiger partial charge in [-0.05, 0) is 48.9 Å². The number of benzene rings is 3. The van der Waals surface area contributed by atoms with Crippen molar-refractivity contribution in [3.8, 4) is 17.0 Å². The van der Waals surface area contributed by atoms with E-state index in [1.807, 2.05) is 90.5 Å². The Morgan fingerprint density at radius 1 is 1.09 bits per heavy atom. The van der Waals surface area contributed by atoms with Gasteiger partial charge in [0.25, 0.3) is 5.91 Å². The molecule has 1 atom stereocenters. The fraction of sp³-hybridized carbons (Fsp3) is 0.111. The third kappa shape index (κ3) is 4.57. The Balaban J connectivity index is 1.59. The van der Waals surface area contributed by atoms with Crippen LogP contribution >= 0.6 is 27.5 Å². The highest BCUT2D eigenvalue weighted by Gasteiger charge is 2.34. The molecular formula is C27H22BrClN4O2. The van der Waals surface area contributed by atoms with Crippen LogP contribution in [0.3, 0.4) is 0 Å². The number of nitrogens with zero attached hydrogens (tertiary/aromatic N) is 2. The van der Waals surface area contributed by atoms with Crippen LogP contribution in [0.25, 0.3) is 11.3 Å². The standard InChI is InChI=1S/C27H22BrClN4O2/c1-16-25(27(34)31-21-5-3-4-6-23(21)35-2)26(18-7-11-19(28)12-8-18)33-24(30-16)15-22(32-33)17-9-13-20(29)14-10-17/h3-15,26,30H,1-2H3,(H,31,34)/t26-/m0/s1. The molecule has 8 heteroatoms. The van der Waals surface area contributed by atoms with E-state index in [1.54, 1.807) is 7.11 Å². The molecule has 1 aromatic heterocycles. The van der Waals surface area contributed by atoms with Gasteiger partial charge < -0.3 is 15.4 Å². The molecule has 1 amide bonds. The Kier molecular flexibility index (Phi) is 6.36. The second-order valence-corrected chi connectivity index (χ2v) is 9.49. The van der Waals surface area contributed by atoms with Gasteiger partial charge in [-0.25, -0.2) is 4.68 Å². The molecule has 1 aliphatic rings. The van der Waals surface area contributed by atoms with Crippen molar-refractivity contribution in [3.05, 3.63) is 105 Å². The second kappa shape index (κ2) is 9.60. The van der Waals surface area contributed by atoms with E-state index in [0.29, 0.717) is 22.0 Å². The highest BCUT2D eigenvalue weighted by Crippen LogP contribution is 2.39. The number of para-hydroxylation sites is 2. The van der Waals surface area contributed by atoms with Gasteiger partial charge in [0.05, 0.1) is 24.1 Å². The van der Waals surface area contributed by atoms with E-state index >= 15 is 0 Å². The number of allylic oxidation sites excluding steroid dienone is 1. The van der Waals surface area contributed by atoms with E-state index in [0.717, 1.165) is 32.8 Å². The maximum absolute atomic E-state index is 13.7. The summed E-state index contributed by atoms with van der Waals surface area (Å²) in [4.78, 5) is 13.7. The summed E-state index contributed by atoms with van der Waals surface area (Å²) in [5.41, 5.74) is 4.57. The third-order valence-electron chi connectivity index (χ3n) is 5.90. The zero-order valence-electron chi connectivity index (χ0n) is 19.0. The number of hydrogen-bond acceptors (Lipinski definition) is 4. The first-order chi connectivity index (χ1) is 16.9. The SMILES string of the molecule is COc1ccccc1NC(=O)C1=C(C)Nc2cc(-c3ccc(Cl)cc3)nn2[C@H]1c1ccc(Br)cc1. The van der Waals surface area contributed by atoms with Crippen LogP contribution in [0.1, 0.15) is 18.5 Å². The Labute approximate surface area is 216 Å². The molecule has 0 radical (unpaired) electrons. The van der Waals surface area contributed by atoms with Gasteiger partial charge in [-0.2, -0.15) is 5.10 Å². The van der Waals surface area contributed by atoms with Crippen LogP contribution in [0.15, 0.2) is 94.6 Å². The highest BCUT2D eigenvalue weighted by atomic mass is 79.9. The summed E-state index contributed by atoms with van der Waals surface area (Å²) >= 11 is 9.58. The molecule has 5 rings (SSSR count). The van der Waals surface area contributed by atoms with E-state index in [2.05, 4.69) is 26.6 Å². The molecule has 0 spiro atoms. The molecule has 0 bridgehead atoms. The van der Waals surface area contributed by atoms with Gasteiger partial charge in [0, 0.05) is 26.8 Å². The Morgan fingerprint density at radius 3 is 2.51 bits per heavy atom. The number of methoxy groups -OCH3 is 1. The van der Waals surface area contributed by atoms with Gasteiger partial charge in [-0.1, -0.05) is 63.9 Å². The number of hydrogen-bond donors (Lipinski definition) is 2. The van der Waals surface area contributed by atoms with Crippen LogP contribution < -0.4 is 15.4 Å². The number of halogens is 2. The Morgan fingerprint density at radius 2 is 1.80 bits per heavy atom. The van der Waals surface area contributed by atoms with Crippen molar-refractivity contribution in [2.45, 2.75) is 13.0 Å². The molecule has 176 valence electrons. The first kappa shape index (κ1) is 23.2. The molecule has 3 aromatic carbocycles. The fourth-order valence-electron chi connectivity index (χ4n) is 4.22. The normalized spacial score (nSPS) is 14.8. The first-order valence-electron chi connectivity index (χ1n) is 11.0. The Hall–Kier alpha value is -3.55. The maximum Gasteiger partial charge on any atom is 0.255 e. The molecular weight excluding hydrogens is 528 g/mol. The van der Waals surface area contributed by atoms with Crippen molar-refractivity contribution in [1.82, 2.24) is 9.78 Å². The molecule has 0 saturated heterocycles. The van der Waals surface area contributed by atoms with Crippen molar-refractivity contribution >= 4 is 44.9 Å². The van der Waals surface area contributed by atoms with Crippen molar-refractivity contribution in [1.29, 1.82) is 0 Å². The molecule has 0 unspecified atom stereocenters. The topological polar surface area (TPSA) is 68.2 Å².